The Hall–Kier alpha value is -2.15. The van der Waals surface area contributed by atoms with Crippen LogP contribution in [0.15, 0.2) is 23.4 Å². The van der Waals surface area contributed by atoms with Crippen molar-refractivity contribution >= 4 is 22.6 Å². The van der Waals surface area contributed by atoms with Crippen LogP contribution < -0.4 is 5.69 Å². The number of nitrogens with zero attached hydrogens (tertiary/aromatic N) is 6. The largest absolute Gasteiger partial charge is 0.328 e. The minimum atomic E-state index is -0.0881. The molecule has 0 radical (unpaired) electrons. The minimum absolute atomic E-state index is 0.0881. The molecule has 0 spiro atoms. The Kier molecular flexibility index (Phi) is 3.29. The monoisotopic (exact) mass is 306 g/mol. The predicted molar refractivity (Wildman–Crippen MR) is 79.5 cm³/mol. The Morgan fingerprint density at radius 3 is 2.71 bits per heavy atom. The molecule has 0 aliphatic carbocycles. The van der Waals surface area contributed by atoms with Crippen LogP contribution in [-0.2, 0) is 13.6 Å². The first-order chi connectivity index (χ1) is 9.97. The van der Waals surface area contributed by atoms with Crippen molar-refractivity contribution in [2.24, 2.45) is 7.05 Å². The van der Waals surface area contributed by atoms with E-state index >= 15 is 0 Å². The summed E-state index contributed by atoms with van der Waals surface area (Å²) in [6, 6.07) is 0.114. The molecule has 110 valence electrons. The number of aryl methyl sites for hydroxylation is 1. The Labute approximate surface area is 125 Å². The molecule has 0 amide bonds. The molecule has 0 bridgehead atoms. The van der Waals surface area contributed by atoms with Gasteiger partial charge in [0.1, 0.15) is 5.15 Å². The summed E-state index contributed by atoms with van der Waals surface area (Å²) >= 11 is 6.14. The molecule has 0 atom stereocenters. The highest BCUT2D eigenvalue weighted by Gasteiger charge is 2.12. The van der Waals surface area contributed by atoms with E-state index in [1.165, 1.54) is 0 Å². The standard InChI is InChI=1S/C13H15ClN6O/c1-8(2)20-5-4-19(13(20)21)7-10-16-11(14)9-6-15-18(3)12(9)17-10/h4-6,8H,7H2,1-3H3. The average Bonchev–Trinajstić information content (AvgIpc) is 2.96. The van der Waals surface area contributed by atoms with Gasteiger partial charge in [0.25, 0.3) is 0 Å². The van der Waals surface area contributed by atoms with Crippen LogP contribution in [0.3, 0.4) is 0 Å². The van der Waals surface area contributed by atoms with Crippen LogP contribution in [0.5, 0.6) is 0 Å². The minimum Gasteiger partial charge on any atom is -0.297 e. The second-order valence-corrected chi connectivity index (χ2v) is 5.50. The second kappa shape index (κ2) is 5.00. The molecule has 3 aromatic heterocycles. The van der Waals surface area contributed by atoms with Crippen molar-refractivity contribution < 1.29 is 0 Å². The van der Waals surface area contributed by atoms with Gasteiger partial charge >= 0.3 is 5.69 Å². The second-order valence-electron chi connectivity index (χ2n) is 5.15. The third kappa shape index (κ3) is 2.33. The van der Waals surface area contributed by atoms with E-state index in [1.807, 2.05) is 13.8 Å². The van der Waals surface area contributed by atoms with Gasteiger partial charge in [0.05, 0.1) is 18.1 Å². The fraction of sp³-hybridized carbons (Fsp3) is 0.385. The lowest BCUT2D eigenvalue weighted by atomic mass is 10.4. The maximum Gasteiger partial charge on any atom is 0.328 e. The Morgan fingerprint density at radius 2 is 2.05 bits per heavy atom. The summed E-state index contributed by atoms with van der Waals surface area (Å²) in [5, 5.41) is 5.16. The number of hydrogen-bond donors (Lipinski definition) is 0. The van der Waals surface area contributed by atoms with Gasteiger partial charge < -0.3 is 0 Å². The fourth-order valence-corrected chi connectivity index (χ4v) is 2.43. The molecule has 0 saturated carbocycles. The van der Waals surface area contributed by atoms with Crippen LogP contribution in [0.25, 0.3) is 11.0 Å². The summed E-state index contributed by atoms with van der Waals surface area (Å²) in [6.45, 7) is 4.20. The van der Waals surface area contributed by atoms with Crippen LogP contribution in [0.2, 0.25) is 5.15 Å². The van der Waals surface area contributed by atoms with Crippen LogP contribution in [0.1, 0.15) is 25.7 Å². The van der Waals surface area contributed by atoms with E-state index in [1.54, 1.807) is 39.5 Å². The first-order valence-electron chi connectivity index (χ1n) is 6.58. The molecule has 0 aliphatic heterocycles. The zero-order valence-corrected chi connectivity index (χ0v) is 12.7. The van der Waals surface area contributed by atoms with E-state index in [0.717, 1.165) is 0 Å². The van der Waals surface area contributed by atoms with Crippen molar-refractivity contribution in [1.29, 1.82) is 0 Å². The number of rotatable bonds is 3. The summed E-state index contributed by atoms with van der Waals surface area (Å²) in [6.07, 6.45) is 5.12. The molecule has 0 aromatic carbocycles. The predicted octanol–water partition coefficient (Wildman–Crippen LogP) is 1.61. The van der Waals surface area contributed by atoms with Gasteiger partial charge in [-0.3, -0.25) is 13.8 Å². The third-order valence-corrected chi connectivity index (χ3v) is 3.62. The highest BCUT2D eigenvalue weighted by atomic mass is 35.5. The van der Waals surface area contributed by atoms with Gasteiger partial charge in [-0.05, 0) is 13.8 Å². The summed E-state index contributed by atoms with van der Waals surface area (Å²) in [5.41, 5.74) is 0.566. The van der Waals surface area contributed by atoms with Crippen LogP contribution in [0, 0.1) is 0 Å². The molecule has 21 heavy (non-hydrogen) atoms. The third-order valence-electron chi connectivity index (χ3n) is 3.33. The molecular weight excluding hydrogens is 292 g/mol. The van der Waals surface area contributed by atoms with E-state index in [9.17, 15) is 4.79 Å². The van der Waals surface area contributed by atoms with Crippen molar-refractivity contribution in [3.05, 3.63) is 40.1 Å². The number of fused-ring (bicyclic) bond motifs is 1. The first-order valence-corrected chi connectivity index (χ1v) is 6.96. The summed E-state index contributed by atoms with van der Waals surface area (Å²) in [7, 11) is 1.79. The molecule has 8 heteroatoms. The van der Waals surface area contributed by atoms with E-state index in [0.29, 0.717) is 22.0 Å². The first kappa shape index (κ1) is 13.8. The lowest BCUT2D eigenvalue weighted by molar-refractivity contribution is 0.558. The molecular formula is C13H15ClN6O. The molecule has 3 rings (SSSR count). The molecule has 0 unspecified atom stereocenters. The van der Waals surface area contributed by atoms with Crippen LogP contribution in [-0.4, -0.2) is 28.9 Å². The van der Waals surface area contributed by atoms with Gasteiger partial charge in [-0.25, -0.2) is 14.8 Å². The smallest absolute Gasteiger partial charge is 0.297 e. The normalized spacial score (nSPS) is 11.7. The van der Waals surface area contributed by atoms with E-state index in [2.05, 4.69) is 15.1 Å². The molecule has 0 N–H and O–H groups in total. The summed E-state index contributed by atoms with van der Waals surface area (Å²) in [5.74, 6) is 0.486. The number of imidazole rings is 1. The van der Waals surface area contributed by atoms with Crippen molar-refractivity contribution in [2.45, 2.75) is 26.4 Å². The van der Waals surface area contributed by atoms with E-state index in [4.69, 9.17) is 11.6 Å². The lowest BCUT2D eigenvalue weighted by Gasteiger charge is -2.05. The van der Waals surface area contributed by atoms with Gasteiger partial charge in [-0.15, -0.1) is 0 Å². The lowest BCUT2D eigenvalue weighted by Crippen LogP contribution is -2.26. The highest BCUT2D eigenvalue weighted by molar-refractivity contribution is 6.33. The summed E-state index contributed by atoms with van der Waals surface area (Å²) in [4.78, 5) is 20.9. The number of hydrogen-bond acceptors (Lipinski definition) is 4. The Bertz CT molecular complexity index is 859. The van der Waals surface area contributed by atoms with Crippen molar-refractivity contribution in [3.8, 4) is 0 Å². The number of halogens is 1. The van der Waals surface area contributed by atoms with E-state index in [-0.39, 0.29) is 18.3 Å². The van der Waals surface area contributed by atoms with Gasteiger partial charge in [0, 0.05) is 25.5 Å². The van der Waals surface area contributed by atoms with E-state index < -0.39 is 0 Å². The maximum atomic E-state index is 12.2. The van der Waals surface area contributed by atoms with Gasteiger partial charge in [-0.1, -0.05) is 11.6 Å². The zero-order valence-electron chi connectivity index (χ0n) is 12.0. The Balaban J connectivity index is 2.02. The Morgan fingerprint density at radius 1 is 1.29 bits per heavy atom. The SMILES string of the molecule is CC(C)n1ccn(Cc2nc(Cl)c3cnn(C)c3n2)c1=O. The molecule has 0 aliphatic rings. The van der Waals surface area contributed by atoms with Crippen molar-refractivity contribution in [1.82, 2.24) is 28.9 Å². The quantitative estimate of drug-likeness (QED) is 0.689. The van der Waals surface area contributed by atoms with Crippen molar-refractivity contribution in [2.75, 3.05) is 0 Å². The van der Waals surface area contributed by atoms with Crippen molar-refractivity contribution in [3.63, 3.8) is 0 Å². The molecule has 3 heterocycles. The highest BCUT2D eigenvalue weighted by Crippen LogP contribution is 2.19. The van der Waals surface area contributed by atoms with Gasteiger partial charge in [0.15, 0.2) is 11.5 Å². The molecule has 0 saturated heterocycles. The van der Waals surface area contributed by atoms with Gasteiger partial charge in [-0.2, -0.15) is 5.10 Å². The molecule has 0 fully saturated rings. The molecule has 7 nitrogen and oxygen atoms in total. The van der Waals surface area contributed by atoms with Crippen LogP contribution >= 0.6 is 11.6 Å². The fourth-order valence-electron chi connectivity index (χ4n) is 2.19. The van der Waals surface area contributed by atoms with Crippen LogP contribution in [0.4, 0.5) is 0 Å². The maximum absolute atomic E-state index is 12.2. The topological polar surface area (TPSA) is 70.5 Å². The summed E-state index contributed by atoms with van der Waals surface area (Å²) < 4.78 is 4.85. The van der Waals surface area contributed by atoms with Gasteiger partial charge in [0.2, 0.25) is 0 Å². The zero-order chi connectivity index (χ0) is 15.1. The number of aromatic nitrogens is 6. The average molecular weight is 307 g/mol. The molecule has 3 aromatic rings.